The third-order valence-corrected chi connectivity index (χ3v) is 3.86. The Morgan fingerprint density at radius 2 is 2.35 bits per heavy atom. The maximum atomic E-state index is 5.59. The lowest BCUT2D eigenvalue weighted by atomic mass is 10.4. The summed E-state index contributed by atoms with van der Waals surface area (Å²) in [4.78, 5) is 1.33. The number of rotatable bonds is 9. The van der Waals surface area contributed by atoms with E-state index in [1.165, 1.54) is 4.88 Å². The first-order chi connectivity index (χ1) is 8.22. The van der Waals surface area contributed by atoms with Crippen LogP contribution in [-0.4, -0.2) is 32.5 Å². The molecule has 98 valence electrons. The smallest absolute Gasteiger partial charge is 0.0781 e. The minimum absolute atomic E-state index is 0.174. The van der Waals surface area contributed by atoms with Crippen molar-refractivity contribution in [1.82, 2.24) is 5.32 Å². The molecule has 0 spiro atoms. The van der Waals surface area contributed by atoms with E-state index in [9.17, 15) is 0 Å². The van der Waals surface area contributed by atoms with Gasteiger partial charge in [0.05, 0.1) is 19.3 Å². The number of nitrogens with one attached hydrogen (secondary N) is 1. The fourth-order valence-corrected chi connectivity index (χ4v) is 2.74. The first kappa shape index (κ1) is 15.1. The van der Waals surface area contributed by atoms with Crippen LogP contribution in [0.25, 0.3) is 0 Å². The minimum atomic E-state index is 0.174. The Balaban J connectivity index is 1.97. The van der Waals surface area contributed by atoms with Crippen molar-refractivity contribution in [3.05, 3.63) is 20.8 Å². The zero-order valence-electron chi connectivity index (χ0n) is 10.4. The van der Waals surface area contributed by atoms with Gasteiger partial charge >= 0.3 is 0 Å². The molecular formula is C12H20BrNO2S. The highest BCUT2D eigenvalue weighted by Crippen LogP contribution is 2.19. The maximum absolute atomic E-state index is 5.59. The highest BCUT2D eigenvalue weighted by atomic mass is 79.9. The van der Waals surface area contributed by atoms with Crippen molar-refractivity contribution in [2.45, 2.75) is 26.5 Å². The molecule has 5 heteroatoms. The van der Waals surface area contributed by atoms with Crippen molar-refractivity contribution in [3.8, 4) is 0 Å². The molecule has 17 heavy (non-hydrogen) atoms. The van der Waals surface area contributed by atoms with Crippen LogP contribution in [0.3, 0.4) is 0 Å². The van der Waals surface area contributed by atoms with Gasteiger partial charge in [-0.25, -0.2) is 0 Å². The molecule has 1 aromatic rings. The van der Waals surface area contributed by atoms with Crippen LogP contribution >= 0.6 is 27.3 Å². The summed E-state index contributed by atoms with van der Waals surface area (Å²) in [5.41, 5.74) is 0. The average Bonchev–Trinajstić information content (AvgIpc) is 2.72. The molecule has 0 aromatic carbocycles. The van der Waals surface area contributed by atoms with E-state index in [0.717, 1.165) is 30.8 Å². The van der Waals surface area contributed by atoms with Crippen LogP contribution < -0.4 is 5.32 Å². The van der Waals surface area contributed by atoms with Gasteiger partial charge in [0.15, 0.2) is 0 Å². The summed E-state index contributed by atoms with van der Waals surface area (Å²) in [5, 5.41) is 5.45. The summed E-state index contributed by atoms with van der Waals surface area (Å²) < 4.78 is 12.0. The standard InChI is InChI=1S/C12H20BrNO2S/c1-3-15-8-10(2)16-5-4-14-7-12-6-11(13)9-17-12/h6,9-10,14H,3-5,7-8H2,1-2H3. The second-order valence-electron chi connectivity index (χ2n) is 3.75. The van der Waals surface area contributed by atoms with E-state index in [2.05, 4.69) is 32.7 Å². The molecule has 0 aliphatic rings. The molecule has 0 amide bonds. The molecule has 0 aliphatic carbocycles. The largest absolute Gasteiger partial charge is 0.379 e. The maximum Gasteiger partial charge on any atom is 0.0781 e. The first-order valence-corrected chi connectivity index (χ1v) is 7.52. The molecule has 1 aromatic heterocycles. The molecule has 0 radical (unpaired) electrons. The molecule has 0 saturated carbocycles. The molecule has 0 fully saturated rings. The van der Waals surface area contributed by atoms with Gasteiger partial charge in [-0.05, 0) is 35.8 Å². The molecule has 1 atom stereocenters. The molecular weight excluding hydrogens is 302 g/mol. The van der Waals surface area contributed by atoms with E-state index in [1.807, 2.05) is 13.8 Å². The molecule has 1 rings (SSSR count). The summed E-state index contributed by atoms with van der Waals surface area (Å²) in [6.45, 7) is 7.94. The Bertz CT molecular complexity index is 306. The van der Waals surface area contributed by atoms with Crippen LogP contribution in [0.4, 0.5) is 0 Å². The van der Waals surface area contributed by atoms with Crippen molar-refractivity contribution < 1.29 is 9.47 Å². The molecule has 1 N–H and O–H groups in total. The molecule has 1 heterocycles. The zero-order chi connectivity index (χ0) is 12.5. The average molecular weight is 322 g/mol. The second kappa shape index (κ2) is 9.05. The third kappa shape index (κ3) is 7.16. The third-order valence-electron chi connectivity index (χ3n) is 2.16. The number of halogens is 1. The molecule has 3 nitrogen and oxygen atoms in total. The van der Waals surface area contributed by atoms with E-state index in [0.29, 0.717) is 6.61 Å². The van der Waals surface area contributed by atoms with Gasteiger partial charge in [-0.2, -0.15) is 0 Å². The predicted molar refractivity (Wildman–Crippen MR) is 75.6 cm³/mol. The van der Waals surface area contributed by atoms with Crippen molar-refractivity contribution in [1.29, 1.82) is 0 Å². The van der Waals surface area contributed by atoms with Gasteiger partial charge in [-0.1, -0.05) is 0 Å². The molecule has 0 saturated heterocycles. The molecule has 1 unspecified atom stereocenters. The minimum Gasteiger partial charge on any atom is -0.379 e. The summed E-state index contributed by atoms with van der Waals surface area (Å²) in [6.07, 6.45) is 0.174. The summed E-state index contributed by atoms with van der Waals surface area (Å²) in [6, 6.07) is 2.14. The number of thiophene rings is 1. The van der Waals surface area contributed by atoms with Crippen molar-refractivity contribution in [2.24, 2.45) is 0 Å². The van der Waals surface area contributed by atoms with Crippen LogP contribution in [0.1, 0.15) is 18.7 Å². The Morgan fingerprint density at radius 3 is 3.00 bits per heavy atom. The monoisotopic (exact) mass is 321 g/mol. The fraction of sp³-hybridized carbons (Fsp3) is 0.667. The van der Waals surface area contributed by atoms with Gasteiger partial charge in [0.1, 0.15) is 0 Å². The van der Waals surface area contributed by atoms with Gasteiger partial charge in [-0.15, -0.1) is 11.3 Å². The number of hydrogen-bond donors (Lipinski definition) is 1. The quantitative estimate of drug-likeness (QED) is 0.709. The lowest BCUT2D eigenvalue weighted by Gasteiger charge is -2.12. The van der Waals surface area contributed by atoms with Gasteiger partial charge in [-0.3, -0.25) is 0 Å². The Kier molecular flexibility index (Phi) is 8.05. The highest BCUT2D eigenvalue weighted by molar-refractivity contribution is 9.10. The van der Waals surface area contributed by atoms with E-state index >= 15 is 0 Å². The van der Waals surface area contributed by atoms with Gasteiger partial charge < -0.3 is 14.8 Å². The van der Waals surface area contributed by atoms with Crippen molar-refractivity contribution in [3.63, 3.8) is 0 Å². The van der Waals surface area contributed by atoms with Gasteiger partial charge in [0, 0.05) is 34.4 Å². The van der Waals surface area contributed by atoms with E-state index in [-0.39, 0.29) is 6.10 Å². The van der Waals surface area contributed by atoms with Crippen LogP contribution in [-0.2, 0) is 16.0 Å². The fourth-order valence-electron chi connectivity index (χ4n) is 1.32. The topological polar surface area (TPSA) is 30.5 Å². The van der Waals surface area contributed by atoms with Crippen LogP contribution in [0.5, 0.6) is 0 Å². The molecule has 0 bridgehead atoms. The van der Waals surface area contributed by atoms with E-state index < -0.39 is 0 Å². The lowest BCUT2D eigenvalue weighted by molar-refractivity contribution is -0.00193. The lowest BCUT2D eigenvalue weighted by Crippen LogP contribution is -2.23. The predicted octanol–water partition coefficient (Wildman–Crippen LogP) is 3.04. The van der Waals surface area contributed by atoms with Crippen LogP contribution in [0, 0.1) is 0 Å². The van der Waals surface area contributed by atoms with E-state index in [1.54, 1.807) is 11.3 Å². The van der Waals surface area contributed by atoms with E-state index in [4.69, 9.17) is 9.47 Å². The first-order valence-electron chi connectivity index (χ1n) is 5.85. The number of ether oxygens (including phenoxy) is 2. The van der Waals surface area contributed by atoms with Crippen molar-refractivity contribution in [2.75, 3.05) is 26.4 Å². The van der Waals surface area contributed by atoms with Crippen LogP contribution in [0.2, 0.25) is 0 Å². The summed E-state index contributed by atoms with van der Waals surface area (Å²) in [7, 11) is 0. The second-order valence-corrected chi connectivity index (χ2v) is 5.66. The Morgan fingerprint density at radius 1 is 1.53 bits per heavy atom. The summed E-state index contributed by atoms with van der Waals surface area (Å²) >= 11 is 5.20. The highest BCUT2D eigenvalue weighted by Gasteiger charge is 2.01. The number of hydrogen-bond acceptors (Lipinski definition) is 4. The Labute approximate surface area is 116 Å². The molecule has 0 aliphatic heterocycles. The van der Waals surface area contributed by atoms with Gasteiger partial charge in [0.25, 0.3) is 0 Å². The van der Waals surface area contributed by atoms with Gasteiger partial charge in [0.2, 0.25) is 0 Å². The Hall–Kier alpha value is 0.0600. The van der Waals surface area contributed by atoms with Crippen molar-refractivity contribution >= 4 is 27.3 Å². The zero-order valence-corrected chi connectivity index (χ0v) is 12.8. The summed E-state index contributed by atoms with van der Waals surface area (Å²) in [5.74, 6) is 0. The normalized spacial score (nSPS) is 12.9. The SMILES string of the molecule is CCOCC(C)OCCNCc1cc(Br)cs1. The van der Waals surface area contributed by atoms with Crippen LogP contribution in [0.15, 0.2) is 15.9 Å².